The van der Waals surface area contributed by atoms with E-state index in [9.17, 15) is 8.42 Å². The lowest BCUT2D eigenvalue weighted by atomic mass is 10.1. The summed E-state index contributed by atoms with van der Waals surface area (Å²) < 4.78 is 33.6. The van der Waals surface area contributed by atoms with Crippen molar-refractivity contribution in [3.05, 3.63) is 10.4 Å². The molecule has 0 amide bonds. The van der Waals surface area contributed by atoms with E-state index in [1.54, 1.807) is 13.8 Å². The molecule has 8 heteroatoms. The van der Waals surface area contributed by atoms with Gasteiger partial charge in [-0.2, -0.15) is 8.42 Å². The smallest absolute Gasteiger partial charge is 0.264 e. The molecule has 2 atom stereocenters. The minimum atomic E-state index is -4.49. The summed E-state index contributed by atoms with van der Waals surface area (Å²) in [6.07, 6.45) is -0.0408. The highest BCUT2D eigenvalue weighted by Crippen LogP contribution is 2.14. The molecule has 0 radical (unpaired) electrons. The largest absolute Gasteiger partial charge is 0.397 e. The Bertz CT molecular complexity index is 309. The second-order valence-electron chi connectivity index (χ2n) is 2.65. The predicted molar refractivity (Wildman–Crippen MR) is 49.9 cm³/mol. The van der Waals surface area contributed by atoms with Crippen LogP contribution in [0.15, 0.2) is 5.11 Å². The van der Waals surface area contributed by atoms with E-state index in [0.717, 1.165) is 0 Å². The zero-order valence-corrected chi connectivity index (χ0v) is 8.81. The molecule has 7 nitrogen and oxygen atoms in total. The van der Waals surface area contributed by atoms with E-state index in [1.165, 1.54) is 0 Å². The van der Waals surface area contributed by atoms with Crippen LogP contribution < -0.4 is 0 Å². The van der Waals surface area contributed by atoms with Crippen molar-refractivity contribution in [1.82, 2.24) is 0 Å². The van der Waals surface area contributed by atoms with Crippen molar-refractivity contribution in [3.8, 4) is 0 Å². The number of nitrogens with zero attached hydrogens (tertiary/aromatic N) is 3. The van der Waals surface area contributed by atoms with Crippen LogP contribution in [0, 0.1) is 0 Å². The summed E-state index contributed by atoms with van der Waals surface area (Å²) >= 11 is 0. The SMILES string of the molecule is CCC(N=[N+]=[N-])C(CC)OS(=O)(=O)O. The molecule has 14 heavy (non-hydrogen) atoms. The Labute approximate surface area is 82.6 Å². The summed E-state index contributed by atoms with van der Waals surface area (Å²) in [5.41, 5.74) is 8.20. The van der Waals surface area contributed by atoms with Crippen LogP contribution >= 0.6 is 0 Å². The quantitative estimate of drug-likeness (QED) is 0.319. The van der Waals surface area contributed by atoms with Crippen LogP contribution in [0.25, 0.3) is 10.4 Å². The van der Waals surface area contributed by atoms with Gasteiger partial charge in [0, 0.05) is 4.91 Å². The van der Waals surface area contributed by atoms with Gasteiger partial charge in [0.25, 0.3) is 0 Å². The molecule has 0 bridgehead atoms. The van der Waals surface area contributed by atoms with Crippen LogP contribution in [0.1, 0.15) is 26.7 Å². The van der Waals surface area contributed by atoms with E-state index in [2.05, 4.69) is 14.2 Å². The summed E-state index contributed by atoms with van der Waals surface area (Å²) in [5.74, 6) is 0. The van der Waals surface area contributed by atoms with Gasteiger partial charge in [-0.15, -0.1) is 0 Å². The zero-order chi connectivity index (χ0) is 11.2. The molecular formula is C6H13N3O4S. The highest BCUT2D eigenvalue weighted by Gasteiger charge is 2.22. The molecule has 1 N–H and O–H groups in total. The van der Waals surface area contributed by atoms with Gasteiger partial charge in [0.2, 0.25) is 0 Å². The van der Waals surface area contributed by atoms with Crippen molar-refractivity contribution in [2.75, 3.05) is 0 Å². The molecule has 0 heterocycles. The maximum absolute atomic E-state index is 10.4. The summed E-state index contributed by atoms with van der Waals surface area (Å²) in [7, 11) is -4.49. The third-order valence-corrected chi connectivity index (χ3v) is 2.19. The van der Waals surface area contributed by atoms with Gasteiger partial charge in [0.05, 0.1) is 12.1 Å². The molecule has 0 aliphatic heterocycles. The van der Waals surface area contributed by atoms with Gasteiger partial charge in [-0.1, -0.05) is 19.0 Å². The van der Waals surface area contributed by atoms with E-state index in [1.807, 2.05) is 0 Å². The summed E-state index contributed by atoms with van der Waals surface area (Å²) in [4.78, 5) is 2.57. The molecule has 0 spiro atoms. The van der Waals surface area contributed by atoms with Gasteiger partial charge >= 0.3 is 10.4 Å². The number of hydrogen-bond acceptors (Lipinski definition) is 4. The van der Waals surface area contributed by atoms with Crippen molar-refractivity contribution in [2.45, 2.75) is 38.8 Å². The fraction of sp³-hybridized carbons (Fsp3) is 1.00. The molecule has 0 aromatic heterocycles. The molecular weight excluding hydrogens is 210 g/mol. The van der Waals surface area contributed by atoms with Gasteiger partial charge in [-0.05, 0) is 18.4 Å². The maximum Gasteiger partial charge on any atom is 0.397 e. The zero-order valence-electron chi connectivity index (χ0n) is 7.99. The van der Waals surface area contributed by atoms with Gasteiger partial charge in [-0.25, -0.2) is 4.18 Å². The molecule has 0 fully saturated rings. The van der Waals surface area contributed by atoms with E-state index in [-0.39, 0.29) is 0 Å². The van der Waals surface area contributed by atoms with Gasteiger partial charge in [-0.3, -0.25) is 4.55 Å². The van der Waals surface area contributed by atoms with Crippen LogP contribution in [-0.4, -0.2) is 25.1 Å². The third kappa shape index (κ3) is 5.03. The number of azide groups is 1. The first kappa shape index (κ1) is 13.2. The Hall–Kier alpha value is -0.820. The van der Waals surface area contributed by atoms with Crippen LogP contribution in [0.3, 0.4) is 0 Å². The molecule has 82 valence electrons. The summed E-state index contributed by atoms with van der Waals surface area (Å²) in [6, 6.07) is -0.591. The van der Waals surface area contributed by atoms with E-state index in [4.69, 9.17) is 10.1 Å². The lowest BCUT2D eigenvalue weighted by Gasteiger charge is -2.18. The first-order valence-corrected chi connectivity index (χ1v) is 5.51. The summed E-state index contributed by atoms with van der Waals surface area (Å²) in [6.45, 7) is 3.40. The Morgan fingerprint density at radius 1 is 1.50 bits per heavy atom. The van der Waals surface area contributed by atoms with Crippen LogP contribution in [0.2, 0.25) is 0 Å². The van der Waals surface area contributed by atoms with Crippen molar-refractivity contribution < 1.29 is 17.2 Å². The summed E-state index contributed by atoms with van der Waals surface area (Å²) in [5, 5.41) is 3.38. The van der Waals surface area contributed by atoms with Gasteiger partial charge in [0.15, 0.2) is 0 Å². The molecule has 0 aliphatic carbocycles. The number of hydrogen-bond donors (Lipinski definition) is 1. The minimum Gasteiger partial charge on any atom is -0.264 e. The van der Waals surface area contributed by atoms with Crippen molar-refractivity contribution in [2.24, 2.45) is 5.11 Å². The normalized spacial score (nSPS) is 15.6. The molecule has 0 aromatic rings. The second kappa shape index (κ2) is 5.82. The fourth-order valence-corrected chi connectivity index (χ4v) is 1.62. The topological polar surface area (TPSA) is 112 Å². The van der Waals surface area contributed by atoms with Crippen molar-refractivity contribution in [1.29, 1.82) is 0 Å². The highest BCUT2D eigenvalue weighted by atomic mass is 32.3. The standard InChI is InChI=1S/C6H13N3O4S/c1-3-5(8-9-7)6(4-2)13-14(10,11)12/h5-6H,3-4H2,1-2H3,(H,10,11,12). The Morgan fingerprint density at radius 3 is 2.36 bits per heavy atom. The average Bonchev–Trinajstić information content (AvgIpc) is 2.09. The predicted octanol–water partition coefficient (Wildman–Crippen LogP) is 1.67. The van der Waals surface area contributed by atoms with Crippen molar-refractivity contribution in [3.63, 3.8) is 0 Å². The third-order valence-electron chi connectivity index (χ3n) is 1.69. The second-order valence-corrected chi connectivity index (χ2v) is 3.70. The molecule has 0 saturated heterocycles. The number of rotatable bonds is 6. The molecule has 0 rings (SSSR count). The van der Waals surface area contributed by atoms with E-state index in [0.29, 0.717) is 12.8 Å². The highest BCUT2D eigenvalue weighted by molar-refractivity contribution is 7.80. The van der Waals surface area contributed by atoms with Gasteiger partial charge < -0.3 is 0 Å². The Kier molecular flexibility index (Phi) is 5.47. The molecule has 0 aliphatic rings. The Balaban J connectivity index is 4.60. The van der Waals surface area contributed by atoms with E-state index >= 15 is 0 Å². The van der Waals surface area contributed by atoms with Crippen LogP contribution in [-0.2, 0) is 14.6 Å². The van der Waals surface area contributed by atoms with Gasteiger partial charge in [0.1, 0.15) is 0 Å². The lowest BCUT2D eigenvalue weighted by Crippen LogP contribution is -2.28. The first-order chi connectivity index (χ1) is 6.44. The first-order valence-electron chi connectivity index (χ1n) is 4.14. The monoisotopic (exact) mass is 223 g/mol. The van der Waals surface area contributed by atoms with E-state index < -0.39 is 22.5 Å². The Morgan fingerprint density at radius 2 is 2.07 bits per heavy atom. The van der Waals surface area contributed by atoms with Crippen molar-refractivity contribution >= 4 is 10.4 Å². The van der Waals surface area contributed by atoms with Crippen LogP contribution in [0.5, 0.6) is 0 Å². The minimum absolute atomic E-state index is 0.331. The lowest BCUT2D eigenvalue weighted by molar-refractivity contribution is 0.150. The fourth-order valence-electron chi connectivity index (χ4n) is 1.05. The van der Waals surface area contributed by atoms with Crippen LogP contribution in [0.4, 0.5) is 0 Å². The maximum atomic E-state index is 10.4. The molecule has 0 saturated carbocycles. The molecule has 2 unspecified atom stereocenters. The average molecular weight is 223 g/mol. The molecule has 0 aromatic carbocycles.